The molecule has 1 unspecified atom stereocenters. The van der Waals surface area contributed by atoms with Gasteiger partial charge in [-0.05, 0) is 14.0 Å². The van der Waals surface area contributed by atoms with Crippen LogP contribution in [0.2, 0.25) is 0 Å². The van der Waals surface area contributed by atoms with Crippen LogP contribution in [0.5, 0.6) is 0 Å². The highest BCUT2D eigenvalue weighted by molar-refractivity contribution is 5.99. The lowest BCUT2D eigenvalue weighted by Gasteiger charge is -2.23. The second kappa shape index (κ2) is 6.40. The molecule has 1 aromatic rings. The molecule has 0 aliphatic heterocycles. The van der Waals surface area contributed by atoms with E-state index < -0.39 is 0 Å². The summed E-state index contributed by atoms with van der Waals surface area (Å²) in [6, 6.07) is 9.27. The maximum absolute atomic E-state index is 12.1. The lowest BCUT2D eigenvalue weighted by molar-refractivity contribution is 0.0826. The van der Waals surface area contributed by atoms with E-state index in [4.69, 9.17) is 4.74 Å². The van der Waals surface area contributed by atoms with E-state index >= 15 is 0 Å². The number of carbonyl (C=O) groups excluding carboxylic acids is 1. The lowest BCUT2D eigenvalue weighted by atomic mass is 10.0. The van der Waals surface area contributed by atoms with Gasteiger partial charge in [-0.25, -0.2) is 0 Å². The van der Waals surface area contributed by atoms with Crippen LogP contribution in [0.15, 0.2) is 30.3 Å². The zero-order chi connectivity index (χ0) is 12.0. The van der Waals surface area contributed by atoms with Crippen LogP contribution in [0.25, 0.3) is 0 Å². The highest BCUT2D eigenvalue weighted by Crippen LogP contribution is 2.07. The Bertz CT molecular complexity index is 324. The van der Waals surface area contributed by atoms with Crippen molar-refractivity contribution >= 4 is 5.78 Å². The summed E-state index contributed by atoms with van der Waals surface area (Å²) in [4.78, 5) is 14.1. The standard InChI is InChI=1S/C13H19NO2/c1-11(14(2)9-10-16-3)13(15)12-7-5-4-6-8-12/h4-8,11H,9-10H2,1-3H3. The number of ether oxygens (including phenoxy) is 1. The molecule has 1 aromatic carbocycles. The number of Topliss-reactive ketones (excluding diaryl/α,β-unsaturated/α-hetero) is 1. The van der Waals surface area contributed by atoms with Crippen LogP contribution in [-0.4, -0.2) is 44.0 Å². The molecule has 0 heterocycles. The van der Waals surface area contributed by atoms with Crippen LogP contribution in [0.4, 0.5) is 0 Å². The molecule has 1 rings (SSSR count). The molecule has 0 N–H and O–H groups in total. The zero-order valence-electron chi connectivity index (χ0n) is 10.1. The van der Waals surface area contributed by atoms with Gasteiger partial charge in [0.05, 0.1) is 12.6 Å². The van der Waals surface area contributed by atoms with Crippen LogP contribution >= 0.6 is 0 Å². The number of methoxy groups -OCH3 is 1. The monoisotopic (exact) mass is 221 g/mol. The van der Waals surface area contributed by atoms with Crippen molar-refractivity contribution in [3.63, 3.8) is 0 Å². The number of ketones is 1. The minimum atomic E-state index is -0.113. The summed E-state index contributed by atoms with van der Waals surface area (Å²) in [7, 11) is 3.60. The molecule has 0 bridgehead atoms. The Morgan fingerprint density at radius 3 is 2.56 bits per heavy atom. The first-order valence-corrected chi connectivity index (χ1v) is 5.45. The Balaban J connectivity index is 2.60. The Morgan fingerprint density at radius 2 is 2.00 bits per heavy atom. The Labute approximate surface area is 97.0 Å². The number of hydrogen-bond acceptors (Lipinski definition) is 3. The van der Waals surface area contributed by atoms with E-state index in [2.05, 4.69) is 0 Å². The first-order valence-electron chi connectivity index (χ1n) is 5.45. The molecule has 0 saturated heterocycles. The van der Waals surface area contributed by atoms with Gasteiger partial charge in [0.1, 0.15) is 0 Å². The molecule has 0 radical (unpaired) electrons. The van der Waals surface area contributed by atoms with Crippen molar-refractivity contribution in [3.05, 3.63) is 35.9 Å². The van der Waals surface area contributed by atoms with Crippen LogP contribution < -0.4 is 0 Å². The van der Waals surface area contributed by atoms with Crippen molar-refractivity contribution < 1.29 is 9.53 Å². The second-order valence-electron chi connectivity index (χ2n) is 3.88. The summed E-state index contributed by atoms with van der Waals surface area (Å²) in [6.45, 7) is 3.32. The van der Waals surface area contributed by atoms with Gasteiger partial charge in [0.2, 0.25) is 0 Å². The van der Waals surface area contributed by atoms with E-state index in [0.29, 0.717) is 6.61 Å². The molecule has 3 nitrogen and oxygen atoms in total. The van der Waals surface area contributed by atoms with Crippen LogP contribution in [-0.2, 0) is 4.74 Å². The van der Waals surface area contributed by atoms with E-state index in [9.17, 15) is 4.79 Å². The third-order valence-electron chi connectivity index (χ3n) is 2.75. The van der Waals surface area contributed by atoms with Gasteiger partial charge in [-0.3, -0.25) is 9.69 Å². The van der Waals surface area contributed by atoms with Gasteiger partial charge >= 0.3 is 0 Å². The maximum atomic E-state index is 12.1. The smallest absolute Gasteiger partial charge is 0.179 e. The Hall–Kier alpha value is -1.19. The summed E-state index contributed by atoms with van der Waals surface area (Å²) in [5.41, 5.74) is 0.763. The number of rotatable bonds is 6. The van der Waals surface area contributed by atoms with Crippen molar-refractivity contribution in [2.75, 3.05) is 27.3 Å². The van der Waals surface area contributed by atoms with E-state index in [1.165, 1.54) is 0 Å². The summed E-state index contributed by atoms with van der Waals surface area (Å²) in [5, 5.41) is 0. The van der Waals surface area contributed by atoms with Crippen molar-refractivity contribution in [2.45, 2.75) is 13.0 Å². The van der Waals surface area contributed by atoms with Crippen LogP contribution in [0.3, 0.4) is 0 Å². The lowest BCUT2D eigenvalue weighted by Crippen LogP contribution is -2.38. The van der Waals surface area contributed by atoms with E-state index in [1.54, 1.807) is 7.11 Å². The minimum Gasteiger partial charge on any atom is -0.383 e. The van der Waals surface area contributed by atoms with E-state index in [0.717, 1.165) is 12.1 Å². The normalized spacial score (nSPS) is 12.8. The molecule has 0 saturated carbocycles. The number of nitrogens with zero attached hydrogens (tertiary/aromatic N) is 1. The Kier molecular flexibility index (Phi) is 5.15. The van der Waals surface area contributed by atoms with Crippen LogP contribution in [0.1, 0.15) is 17.3 Å². The fourth-order valence-corrected chi connectivity index (χ4v) is 1.47. The topological polar surface area (TPSA) is 29.5 Å². The maximum Gasteiger partial charge on any atom is 0.179 e. The zero-order valence-corrected chi connectivity index (χ0v) is 10.1. The SMILES string of the molecule is COCCN(C)C(C)C(=O)c1ccccc1. The van der Waals surface area contributed by atoms with Crippen molar-refractivity contribution in [2.24, 2.45) is 0 Å². The predicted octanol–water partition coefficient (Wildman–Crippen LogP) is 1.84. The molecular weight excluding hydrogens is 202 g/mol. The number of benzene rings is 1. The van der Waals surface area contributed by atoms with Gasteiger partial charge < -0.3 is 4.74 Å². The highest BCUT2D eigenvalue weighted by atomic mass is 16.5. The van der Waals surface area contributed by atoms with Gasteiger partial charge in [0.25, 0.3) is 0 Å². The third kappa shape index (κ3) is 3.43. The molecule has 0 aliphatic carbocycles. The molecule has 0 fully saturated rings. The van der Waals surface area contributed by atoms with Gasteiger partial charge in [-0.1, -0.05) is 30.3 Å². The molecule has 0 amide bonds. The summed E-state index contributed by atoms with van der Waals surface area (Å²) in [6.07, 6.45) is 0. The van der Waals surface area contributed by atoms with Crippen molar-refractivity contribution in [1.29, 1.82) is 0 Å². The van der Waals surface area contributed by atoms with Crippen molar-refractivity contribution in [3.8, 4) is 0 Å². The number of likely N-dealkylation sites (N-methyl/N-ethyl adjacent to an activating group) is 1. The van der Waals surface area contributed by atoms with Gasteiger partial charge in [-0.2, -0.15) is 0 Å². The fourth-order valence-electron chi connectivity index (χ4n) is 1.47. The molecule has 0 aliphatic rings. The molecule has 88 valence electrons. The van der Waals surface area contributed by atoms with Gasteiger partial charge in [0, 0.05) is 19.2 Å². The number of carbonyl (C=O) groups is 1. The summed E-state index contributed by atoms with van der Waals surface area (Å²) < 4.78 is 5.00. The molecule has 3 heteroatoms. The average molecular weight is 221 g/mol. The molecule has 0 aromatic heterocycles. The van der Waals surface area contributed by atoms with Gasteiger partial charge in [0.15, 0.2) is 5.78 Å². The molecule has 1 atom stereocenters. The first-order chi connectivity index (χ1) is 7.66. The van der Waals surface area contributed by atoms with E-state index in [-0.39, 0.29) is 11.8 Å². The van der Waals surface area contributed by atoms with Gasteiger partial charge in [-0.15, -0.1) is 0 Å². The summed E-state index contributed by atoms with van der Waals surface area (Å²) >= 11 is 0. The molecule has 16 heavy (non-hydrogen) atoms. The predicted molar refractivity (Wildman–Crippen MR) is 64.7 cm³/mol. The Morgan fingerprint density at radius 1 is 1.38 bits per heavy atom. The second-order valence-corrected chi connectivity index (χ2v) is 3.88. The average Bonchev–Trinajstić information content (AvgIpc) is 2.35. The van der Waals surface area contributed by atoms with E-state index in [1.807, 2.05) is 49.2 Å². The molecule has 0 spiro atoms. The minimum absolute atomic E-state index is 0.113. The third-order valence-corrected chi connectivity index (χ3v) is 2.75. The number of hydrogen-bond donors (Lipinski definition) is 0. The molecular formula is C13H19NO2. The summed E-state index contributed by atoms with van der Waals surface area (Å²) in [5.74, 6) is 0.152. The highest BCUT2D eigenvalue weighted by Gasteiger charge is 2.18. The largest absolute Gasteiger partial charge is 0.383 e. The van der Waals surface area contributed by atoms with Crippen molar-refractivity contribution in [1.82, 2.24) is 4.90 Å². The fraction of sp³-hybridized carbons (Fsp3) is 0.462. The van der Waals surface area contributed by atoms with Crippen LogP contribution in [0, 0.1) is 0 Å². The first kappa shape index (κ1) is 12.9. The quantitative estimate of drug-likeness (QED) is 0.686.